The van der Waals surface area contributed by atoms with Gasteiger partial charge in [0, 0.05) is 23.3 Å². The molecule has 35 heavy (non-hydrogen) atoms. The minimum atomic E-state index is -0.740. The lowest BCUT2D eigenvalue weighted by Crippen LogP contribution is -2.48. The first-order chi connectivity index (χ1) is 16.9. The van der Waals surface area contributed by atoms with E-state index in [1.54, 1.807) is 56.4 Å². The number of hydrogen-bond donors (Lipinski definition) is 0. The van der Waals surface area contributed by atoms with E-state index < -0.39 is 12.0 Å². The zero-order chi connectivity index (χ0) is 24.7. The van der Waals surface area contributed by atoms with E-state index in [2.05, 4.69) is 10.1 Å². The summed E-state index contributed by atoms with van der Waals surface area (Å²) < 4.78 is 21.3. The van der Waals surface area contributed by atoms with E-state index in [0.717, 1.165) is 0 Å². The number of urea groups is 1. The molecule has 0 spiro atoms. The molecular weight excluding hydrogens is 476 g/mol. The number of fused-ring (bicyclic) bond motifs is 1. The summed E-state index contributed by atoms with van der Waals surface area (Å²) in [6, 6.07) is 11.2. The van der Waals surface area contributed by atoms with Gasteiger partial charge in [-0.1, -0.05) is 28.9 Å². The molecule has 11 heteroatoms. The molecule has 0 saturated heterocycles. The van der Waals surface area contributed by atoms with Gasteiger partial charge < -0.3 is 28.5 Å². The monoisotopic (exact) mass is 496 g/mol. The van der Waals surface area contributed by atoms with E-state index in [-0.39, 0.29) is 31.1 Å². The van der Waals surface area contributed by atoms with Crippen molar-refractivity contribution in [2.75, 3.05) is 21.0 Å². The highest BCUT2D eigenvalue weighted by Crippen LogP contribution is 2.39. The van der Waals surface area contributed by atoms with Crippen molar-refractivity contribution in [2.24, 2.45) is 0 Å². The Bertz CT molecular complexity index is 1340. The molecule has 0 aliphatic carbocycles. The number of benzene rings is 2. The lowest BCUT2D eigenvalue weighted by molar-refractivity contribution is -0.137. The van der Waals surface area contributed by atoms with Crippen molar-refractivity contribution in [3.05, 3.63) is 70.1 Å². The summed E-state index contributed by atoms with van der Waals surface area (Å²) in [6.45, 7) is 1.84. The Morgan fingerprint density at radius 1 is 1.17 bits per heavy atom. The van der Waals surface area contributed by atoms with Crippen LogP contribution in [0.5, 0.6) is 11.5 Å². The number of hydrogen-bond acceptors (Lipinski definition) is 8. The van der Waals surface area contributed by atoms with Crippen molar-refractivity contribution in [3.8, 4) is 23.0 Å². The van der Waals surface area contributed by atoms with Crippen LogP contribution in [0.4, 0.5) is 4.79 Å². The number of halogens is 1. The maximum absolute atomic E-state index is 13.4. The highest BCUT2D eigenvalue weighted by Gasteiger charge is 2.41. The van der Waals surface area contributed by atoms with Crippen LogP contribution in [0.3, 0.4) is 0 Å². The van der Waals surface area contributed by atoms with Crippen molar-refractivity contribution < 1.29 is 28.3 Å². The zero-order valence-corrected chi connectivity index (χ0v) is 19.9. The topological polar surface area (TPSA) is 107 Å². The molecule has 180 valence electrons. The van der Waals surface area contributed by atoms with Crippen molar-refractivity contribution in [3.63, 3.8) is 0 Å². The molecule has 0 radical (unpaired) electrons. The van der Waals surface area contributed by atoms with E-state index in [9.17, 15) is 9.59 Å². The molecule has 0 bridgehead atoms. The Hall–Kier alpha value is -4.05. The van der Waals surface area contributed by atoms with Gasteiger partial charge in [0.25, 0.3) is 5.89 Å². The lowest BCUT2D eigenvalue weighted by atomic mass is 9.93. The van der Waals surface area contributed by atoms with Crippen molar-refractivity contribution in [1.29, 1.82) is 0 Å². The number of carbonyl (C=O) groups is 2. The number of ether oxygens (including phenoxy) is 3. The summed E-state index contributed by atoms with van der Waals surface area (Å²) in [5.74, 6) is 1.21. The molecule has 0 N–H and O–H groups in total. The van der Waals surface area contributed by atoms with E-state index in [1.807, 2.05) is 0 Å². The molecule has 5 rings (SSSR count). The predicted octanol–water partition coefficient (Wildman–Crippen LogP) is 4.17. The minimum absolute atomic E-state index is 0.0156. The molecule has 2 amide bonds. The Morgan fingerprint density at radius 2 is 1.91 bits per heavy atom. The summed E-state index contributed by atoms with van der Waals surface area (Å²) in [5.41, 5.74) is 2.16. The van der Waals surface area contributed by atoms with Crippen molar-refractivity contribution >= 4 is 23.6 Å². The normalized spacial score (nSPS) is 17.3. The molecule has 1 unspecified atom stereocenters. The number of allylic oxidation sites excluding steroid dienone is 1. The van der Waals surface area contributed by atoms with Gasteiger partial charge in [0.2, 0.25) is 6.79 Å². The van der Waals surface area contributed by atoms with E-state index in [0.29, 0.717) is 38.9 Å². The smallest absolute Gasteiger partial charge is 0.337 e. The van der Waals surface area contributed by atoms with Gasteiger partial charge in [0.1, 0.15) is 0 Å². The third-order valence-electron chi connectivity index (χ3n) is 6.00. The third kappa shape index (κ3) is 4.06. The van der Waals surface area contributed by atoms with Crippen LogP contribution < -0.4 is 9.47 Å². The van der Waals surface area contributed by atoms with Crippen LogP contribution in [-0.2, 0) is 16.1 Å². The number of esters is 1. The average Bonchev–Trinajstić information content (AvgIpc) is 3.53. The number of nitrogens with zero attached hydrogens (tertiary/aromatic N) is 4. The molecule has 0 fully saturated rings. The third-order valence-corrected chi connectivity index (χ3v) is 6.25. The zero-order valence-electron chi connectivity index (χ0n) is 19.1. The summed E-state index contributed by atoms with van der Waals surface area (Å²) in [4.78, 5) is 33.6. The van der Waals surface area contributed by atoms with E-state index in [1.165, 1.54) is 16.9 Å². The first kappa shape index (κ1) is 22.7. The number of rotatable bonds is 5. The summed E-state index contributed by atoms with van der Waals surface area (Å²) in [5, 5.41) is 4.60. The SMILES string of the molecule is COC(=O)C1=C(C)N(C)C(=O)N(Cc2noc(-c3ccc4c(c3)OCO4)n2)C1c1ccc(Cl)cc1. The Labute approximate surface area is 205 Å². The van der Waals surface area contributed by atoms with Gasteiger partial charge in [-0.25, -0.2) is 9.59 Å². The van der Waals surface area contributed by atoms with Gasteiger partial charge in [0.15, 0.2) is 17.3 Å². The Morgan fingerprint density at radius 3 is 2.66 bits per heavy atom. The fourth-order valence-corrected chi connectivity index (χ4v) is 4.24. The largest absolute Gasteiger partial charge is 0.466 e. The van der Waals surface area contributed by atoms with Crippen LogP contribution in [0.2, 0.25) is 5.02 Å². The molecule has 10 nitrogen and oxygen atoms in total. The first-order valence-electron chi connectivity index (χ1n) is 10.7. The van der Waals surface area contributed by atoms with Crippen LogP contribution in [-0.4, -0.2) is 52.9 Å². The standard InChI is InChI=1S/C24H21ClN4O6/c1-13-20(23(30)32-3)21(14-4-7-16(25)8-5-14)29(24(31)28(13)2)11-19-26-22(35-27-19)15-6-9-17-18(10-15)34-12-33-17/h4-10,21H,11-12H2,1-3H3. The van der Waals surface area contributed by atoms with Gasteiger partial charge in [-0.2, -0.15) is 4.98 Å². The summed E-state index contributed by atoms with van der Waals surface area (Å²) in [7, 11) is 2.90. The quantitative estimate of drug-likeness (QED) is 0.484. The maximum atomic E-state index is 13.4. The number of amides is 2. The molecular formula is C24H21ClN4O6. The van der Waals surface area contributed by atoms with E-state index >= 15 is 0 Å². The van der Waals surface area contributed by atoms with Crippen LogP contribution in [0.1, 0.15) is 24.4 Å². The van der Waals surface area contributed by atoms with Gasteiger partial charge in [-0.05, 0) is 42.8 Å². The molecule has 1 atom stereocenters. The highest BCUT2D eigenvalue weighted by molar-refractivity contribution is 6.30. The second-order valence-electron chi connectivity index (χ2n) is 8.00. The summed E-state index contributed by atoms with van der Waals surface area (Å²) in [6.07, 6.45) is 0. The number of aromatic nitrogens is 2. The first-order valence-corrected chi connectivity index (χ1v) is 11.1. The lowest BCUT2D eigenvalue weighted by Gasteiger charge is -2.41. The van der Waals surface area contributed by atoms with Gasteiger partial charge in [-0.3, -0.25) is 0 Å². The van der Waals surface area contributed by atoms with Gasteiger partial charge in [-0.15, -0.1) is 0 Å². The maximum Gasteiger partial charge on any atom is 0.337 e. The highest BCUT2D eigenvalue weighted by atomic mass is 35.5. The second kappa shape index (κ2) is 8.95. The minimum Gasteiger partial charge on any atom is -0.466 e. The average molecular weight is 497 g/mol. The van der Waals surface area contributed by atoms with Crippen molar-refractivity contribution in [1.82, 2.24) is 19.9 Å². The molecule has 0 saturated carbocycles. The molecule has 3 heterocycles. The fourth-order valence-electron chi connectivity index (χ4n) is 4.12. The summed E-state index contributed by atoms with van der Waals surface area (Å²) >= 11 is 6.08. The van der Waals surface area contributed by atoms with E-state index in [4.69, 9.17) is 30.3 Å². The molecule has 2 aliphatic rings. The van der Waals surface area contributed by atoms with Crippen LogP contribution >= 0.6 is 11.6 Å². The predicted molar refractivity (Wildman–Crippen MR) is 123 cm³/mol. The Balaban J connectivity index is 1.51. The number of methoxy groups -OCH3 is 1. The van der Waals surface area contributed by atoms with Crippen LogP contribution in [0, 0.1) is 0 Å². The van der Waals surface area contributed by atoms with Gasteiger partial charge in [0.05, 0.1) is 25.3 Å². The van der Waals surface area contributed by atoms with Crippen molar-refractivity contribution in [2.45, 2.75) is 19.5 Å². The second-order valence-corrected chi connectivity index (χ2v) is 8.43. The molecule has 3 aromatic rings. The molecule has 1 aromatic heterocycles. The fraction of sp³-hybridized carbons (Fsp3) is 0.250. The Kier molecular flexibility index (Phi) is 5.81. The van der Waals surface area contributed by atoms with Crippen LogP contribution in [0.25, 0.3) is 11.5 Å². The van der Waals surface area contributed by atoms with Crippen LogP contribution in [0.15, 0.2) is 58.3 Å². The van der Waals surface area contributed by atoms with Gasteiger partial charge >= 0.3 is 12.0 Å². The number of carbonyl (C=O) groups excluding carboxylic acids is 2. The molecule has 2 aliphatic heterocycles. The molecule has 2 aromatic carbocycles.